The molecule has 4 heteroatoms. The fourth-order valence-electron chi connectivity index (χ4n) is 1.56. The van der Waals surface area contributed by atoms with Gasteiger partial charge >= 0.3 is 5.97 Å². The number of aromatic carboxylic acids is 1. The van der Waals surface area contributed by atoms with Crippen LogP contribution in [0.5, 0.6) is 5.75 Å². The van der Waals surface area contributed by atoms with Crippen molar-refractivity contribution in [3.63, 3.8) is 0 Å². The third-order valence-electron chi connectivity index (χ3n) is 2.74. The third kappa shape index (κ3) is 2.45. The van der Waals surface area contributed by atoms with Gasteiger partial charge in [-0.1, -0.05) is 0 Å². The maximum atomic E-state index is 11.0. The van der Waals surface area contributed by atoms with Gasteiger partial charge < -0.3 is 15.2 Å². The largest absolute Gasteiger partial charge is 0.497 e. The van der Waals surface area contributed by atoms with Crippen LogP contribution in [0, 0.1) is 5.92 Å². The fraction of sp³-hybridized carbons (Fsp3) is 0.417. The van der Waals surface area contributed by atoms with Crippen molar-refractivity contribution in [1.82, 2.24) is 0 Å². The van der Waals surface area contributed by atoms with Crippen molar-refractivity contribution in [2.24, 2.45) is 5.92 Å². The summed E-state index contributed by atoms with van der Waals surface area (Å²) < 4.78 is 5.08. The SMILES string of the molecule is COc1ccc(C(=O)O)c(NCC2CC2)c1. The molecule has 2 rings (SSSR count). The monoisotopic (exact) mass is 221 g/mol. The van der Waals surface area contributed by atoms with E-state index in [1.165, 1.54) is 12.8 Å². The summed E-state index contributed by atoms with van der Waals surface area (Å²) in [6, 6.07) is 4.95. The molecule has 0 aliphatic heterocycles. The zero-order valence-electron chi connectivity index (χ0n) is 9.19. The first-order valence-corrected chi connectivity index (χ1v) is 5.36. The van der Waals surface area contributed by atoms with Gasteiger partial charge in [0.1, 0.15) is 5.75 Å². The number of carboxylic acid groups (broad SMARTS) is 1. The van der Waals surface area contributed by atoms with Crippen LogP contribution in [-0.4, -0.2) is 24.7 Å². The Labute approximate surface area is 94.2 Å². The average Bonchev–Trinajstić information content (AvgIpc) is 3.09. The molecule has 1 aliphatic rings. The van der Waals surface area contributed by atoms with Gasteiger partial charge in [-0.15, -0.1) is 0 Å². The molecule has 0 atom stereocenters. The minimum absolute atomic E-state index is 0.293. The van der Waals surface area contributed by atoms with Gasteiger partial charge in [-0.3, -0.25) is 0 Å². The smallest absolute Gasteiger partial charge is 0.337 e. The molecule has 0 spiro atoms. The number of methoxy groups -OCH3 is 1. The second kappa shape index (κ2) is 4.43. The molecule has 2 N–H and O–H groups in total. The summed E-state index contributed by atoms with van der Waals surface area (Å²) in [5, 5.41) is 12.2. The number of hydrogen-bond acceptors (Lipinski definition) is 3. The molecule has 1 fully saturated rings. The topological polar surface area (TPSA) is 58.6 Å². The number of anilines is 1. The summed E-state index contributed by atoms with van der Waals surface area (Å²) in [5.41, 5.74) is 0.931. The fourth-order valence-corrected chi connectivity index (χ4v) is 1.56. The highest BCUT2D eigenvalue weighted by Gasteiger charge is 2.21. The van der Waals surface area contributed by atoms with Crippen LogP contribution >= 0.6 is 0 Å². The molecule has 1 aromatic rings. The molecular weight excluding hydrogens is 206 g/mol. The lowest BCUT2D eigenvalue weighted by Gasteiger charge is -2.10. The molecule has 0 aromatic heterocycles. The predicted molar refractivity (Wildman–Crippen MR) is 61.2 cm³/mol. The number of benzene rings is 1. The molecule has 1 saturated carbocycles. The van der Waals surface area contributed by atoms with E-state index < -0.39 is 5.97 Å². The van der Waals surface area contributed by atoms with Gasteiger partial charge in [0.2, 0.25) is 0 Å². The van der Waals surface area contributed by atoms with Crippen LogP contribution < -0.4 is 10.1 Å². The van der Waals surface area contributed by atoms with E-state index in [4.69, 9.17) is 9.84 Å². The van der Waals surface area contributed by atoms with Crippen LogP contribution in [0.15, 0.2) is 18.2 Å². The summed E-state index contributed by atoms with van der Waals surface area (Å²) in [7, 11) is 1.57. The lowest BCUT2D eigenvalue weighted by Crippen LogP contribution is -2.09. The standard InChI is InChI=1S/C12H15NO3/c1-16-9-4-5-10(12(14)15)11(6-9)13-7-8-2-3-8/h4-6,8,13H,2-3,7H2,1H3,(H,14,15). The molecule has 0 amide bonds. The number of hydrogen-bond donors (Lipinski definition) is 2. The Bertz CT molecular complexity index is 399. The van der Waals surface area contributed by atoms with Crippen LogP contribution in [-0.2, 0) is 0 Å². The zero-order chi connectivity index (χ0) is 11.5. The van der Waals surface area contributed by atoms with E-state index in [0.29, 0.717) is 22.9 Å². The molecule has 1 aromatic carbocycles. The van der Waals surface area contributed by atoms with Gasteiger partial charge in [-0.05, 0) is 30.9 Å². The Morgan fingerprint density at radius 3 is 2.88 bits per heavy atom. The summed E-state index contributed by atoms with van der Waals surface area (Å²) in [5.74, 6) is 0.456. The van der Waals surface area contributed by atoms with Gasteiger partial charge in [0.25, 0.3) is 0 Å². The summed E-state index contributed by atoms with van der Waals surface area (Å²) >= 11 is 0. The number of carboxylic acids is 1. The molecular formula is C12H15NO3. The van der Waals surface area contributed by atoms with E-state index in [9.17, 15) is 4.79 Å². The van der Waals surface area contributed by atoms with Crippen LogP contribution in [0.2, 0.25) is 0 Å². The van der Waals surface area contributed by atoms with Crippen molar-refractivity contribution in [2.75, 3.05) is 19.0 Å². The Morgan fingerprint density at radius 1 is 1.56 bits per heavy atom. The van der Waals surface area contributed by atoms with E-state index in [2.05, 4.69) is 5.32 Å². The zero-order valence-corrected chi connectivity index (χ0v) is 9.19. The number of carbonyl (C=O) groups is 1. The van der Waals surface area contributed by atoms with E-state index >= 15 is 0 Å². The van der Waals surface area contributed by atoms with Crippen molar-refractivity contribution < 1.29 is 14.6 Å². The van der Waals surface area contributed by atoms with Gasteiger partial charge in [0.15, 0.2) is 0 Å². The Balaban J connectivity index is 2.18. The van der Waals surface area contributed by atoms with Crippen molar-refractivity contribution >= 4 is 11.7 Å². The summed E-state index contributed by atoms with van der Waals surface area (Å²) in [4.78, 5) is 11.0. The second-order valence-corrected chi connectivity index (χ2v) is 4.04. The summed E-state index contributed by atoms with van der Waals surface area (Å²) in [6.07, 6.45) is 2.47. The maximum absolute atomic E-state index is 11.0. The lowest BCUT2D eigenvalue weighted by atomic mass is 10.1. The Morgan fingerprint density at radius 2 is 2.31 bits per heavy atom. The number of ether oxygens (including phenoxy) is 1. The van der Waals surface area contributed by atoms with E-state index in [-0.39, 0.29) is 0 Å². The maximum Gasteiger partial charge on any atom is 0.337 e. The van der Waals surface area contributed by atoms with E-state index in [0.717, 1.165) is 6.54 Å². The molecule has 16 heavy (non-hydrogen) atoms. The third-order valence-corrected chi connectivity index (χ3v) is 2.74. The van der Waals surface area contributed by atoms with Crippen LogP contribution in [0.1, 0.15) is 23.2 Å². The minimum Gasteiger partial charge on any atom is -0.497 e. The second-order valence-electron chi connectivity index (χ2n) is 4.04. The molecule has 1 aliphatic carbocycles. The minimum atomic E-state index is -0.916. The molecule has 0 unspecified atom stereocenters. The molecule has 4 nitrogen and oxygen atoms in total. The van der Waals surface area contributed by atoms with Gasteiger partial charge in [-0.2, -0.15) is 0 Å². The highest BCUT2D eigenvalue weighted by atomic mass is 16.5. The Kier molecular flexibility index (Phi) is 2.99. The van der Waals surface area contributed by atoms with Crippen molar-refractivity contribution in [2.45, 2.75) is 12.8 Å². The highest BCUT2D eigenvalue weighted by Crippen LogP contribution is 2.30. The average molecular weight is 221 g/mol. The van der Waals surface area contributed by atoms with Gasteiger partial charge in [-0.25, -0.2) is 4.79 Å². The number of nitrogens with one attached hydrogen (secondary N) is 1. The van der Waals surface area contributed by atoms with Gasteiger partial charge in [0.05, 0.1) is 18.4 Å². The van der Waals surface area contributed by atoms with Crippen molar-refractivity contribution in [3.05, 3.63) is 23.8 Å². The van der Waals surface area contributed by atoms with Crippen LogP contribution in [0.3, 0.4) is 0 Å². The van der Waals surface area contributed by atoms with Crippen LogP contribution in [0.25, 0.3) is 0 Å². The Hall–Kier alpha value is -1.71. The molecule has 0 heterocycles. The first-order chi connectivity index (χ1) is 7.70. The first kappa shape index (κ1) is 10.8. The van der Waals surface area contributed by atoms with Gasteiger partial charge in [0, 0.05) is 12.6 Å². The molecule has 0 bridgehead atoms. The predicted octanol–water partition coefficient (Wildman–Crippen LogP) is 2.22. The molecule has 86 valence electrons. The lowest BCUT2D eigenvalue weighted by molar-refractivity contribution is 0.0698. The van der Waals surface area contributed by atoms with E-state index in [1.54, 1.807) is 25.3 Å². The van der Waals surface area contributed by atoms with Crippen LogP contribution in [0.4, 0.5) is 5.69 Å². The van der Waals surface area contributed by atoms with Crippen molar-refractivity contribution in [1.29, 1.82) is 0 Å². The highest BCUT2D eigenvalue weighted by molar-refractivity contribution is 5.94. The normalized spacial score (nSPS) is 14.6. The molecule has 0 saturated heterocycles. The first-order valence-electron chi connectivity index (χ1n) is 5.36. The number of rotatable bonds is 5. The quantitative estimate of drug-likeness (QED) is 0.800. The van der Waals surface area contributed by atoms with Crippen molar-refractivity contribution in [3.8, 4) is 5.75 Å². The molecule has 0 radical (unpaired) electrons. The van der Waals surface area contributed by atoms with E-state index in [1.807, 2.05) is 0 Å². The summed E-state index contributed by atoms with van der Waals surface area (Å²) in [6.45, 7) is 0.841.